The van der Waals surface area contributed by atoms with Gasteiger partial charge in [-0.3, -0.25) is 9.98 Å². The maximum atomic E-state index is 5.27. The molecule has 2 aromatic rings. The van der Waals surface area contributed by atoms with Crippen LogP contribution in [-0.4, -0.2) is 26.6 Å². The van der Waals surface area contributed by atoms with Crippen molar-refractivity contribution in [2.45, 2.75) is 32.5 Å². The van der Waals surface area contributed by atoms with Gasteiger partial charge in [0.25, 0.3) is 0 Å². The number of rotatable bonds is 8. The van der Waals surface area contributed by atoms with Crippen LogP contribution in [0.2, 0.25) is 0 Å². The van der Waals surface area contributed by atoms with Crippen LogP contribution in [0.4, 0.5) is 11.4 Å². The van der Waals surface area contributed by atoms with E-state index >= 15 is 0 Å². The van der Waals surface area contributed by atoms with Gasteiger partial charge in [-0.2, -0.15) is 0 Å². The normalized spacial score (nSPS) is 18.1. The van der Waals surface area contributed by atoms with Crippen molar-refractivity contribution in [2.75, 3.05) is 14.2 Å². The summed E-state index contributed by atoms with van der Waals surface area (Å²) in [5.41, 5.74) is 4.22. The van der Waals surface area contributed by atoms with Gasteiger partial charge in [-0.25, -0.2) is 0 Å². The average Bonchev–Trinajstić information content (AvgIpc) is 3.14. The summed E-state index contributed by atoms with van der Waals surface area (Å²) in [6, 6.07) is 16.3. The van der Waals surface area contributed by atoms with Crippen LogP contribution in [0.25, 0.3) is 0 Å². The van der Waals surface area contributed by atoms with E-state index in [1.54, 1.807) is 14.2 Å². The molecule has 5 heteroatoms. The van der Waals surface area contributed by atoms with Crippen LogP contribution in [0.1, 0.15) is 30.4 Å². The summed E-state index contributed by atoms with van der Waals surface area (Å²) in [6.45, 7) is 1.17. The van der Waals surface area contributed by atoms with E-state index in [1.807, 2.05) is 36.4 Å². The second kappa shape index (κ2) is 15.2. The monoisotopic (exact) mass is 500 g/mol. The first-order chi connectivity index (χ1) is 13.3. The Kier molecular flexibility index (Phi) is 14.4. The van der Waals surface area contributed by atoms with E-state index in [4.69, 9.17) is 19.5 Å². The van der Waals surface area contributed by atoms with Gasteiger partial charge in [-0.05, 0) is 25.0 Å². The molecule has 2 atom stereocenters. The summed E-state index contributed by atoms with van der Waals surface area (Å²) in [5.74, 6) is 0.859. The molecule has 3 rings (SSSR count). The molecular formula is C25H34N2O2Pd. The second-order valence-electron chi connectivity index (χ2n) is 6.94. The standard InChI is InChI=1S/C23H28N2O2.2CH3.Pd/c1-26-16-20-8-3-5-12-22(20)24-14-18-10-7-11-19(18)15-25-23-13-6-4-9-21(23)17-27-2;;;/h3-6,8-9,12-15,18-19H,7,10-11,16-17H2,1-2H3;2*1H3;/q;2*-1;+2. The number of benzene rings is 2. The molecule has 0 heterocycles. The Balaban J connectivity index is 0.00000280. The average molecular weight is 501 g/mol. The SMILES string of the molecule is COCc1ccccc1N=CC1CCCC1C=Nc1ccccc1COC.[CH3-].[CH3-].[Pd+2]. The van der Waals surface area contributed by atoms with Crippen LogP contribution in [-0.2, 0) is 43.1 Å². The second-order valence-corrected chi connectivity index (χ2v) is 6.94. The van der Waals surface area contributed by atoms with Gasteiger partial charge in [0.05, 0.1) is 24.6 Å². The Labute approximate surface area is 196 Å². The van der Waals surface area contributed by atoms with Crippen molar-refractivity contribution >= 4 is 23.8 Å². The Morgan fingerprint density at radius 3 is 1.57 bits per heavy atom. The molecule has 0 saturated heterocycles. The number of aliphatic imine (C=N–C) groups is 2. The first-order valence-corrected chi connectivity index (χ1v) is 9.54. The number of methoxy groups -OCH3 is 2. The van der Waals surface area contributed by atoms with Crippen molar-refractivity contribution in [3.05, 3.63) is 74.5 Å². The van der Waals surface area contributed by atoms with E-state index in [2.05, 4.69) is 24.6 Å². The van der Waals surface area contributed by atoms with E-state index < -0.39 is 0 Å². The molecule has 2 unspecified atom stereocenters. The predicted octanol–water partition coefficient (Wildman–Crippen LogP) is 6.40. The van der Waals surface area contributed by atoms with Crippen LogP contribution in [0.15, 0.2) is 58.5 Å². The largest absolute Gasteiger partial charge is 2.00 e. The molecule has 0 aliphatic heterocycles. The fourth-order valence-electron chi connectivity index (χ4n) is 3.57. The van der Waals surface area contributed by atoms with Gasteiger partial charge in [-0.1, -0.05) is 42.8 Å². The molecule has 1 aliphatic rings. The van der Waals surface area contributed by atoms with Crippen molar-refractivity contribution in [3.63, 3.8) is 0 Å². The summed E-state index contributed by atoms with van der Waals surface area (Å²) < 4.78 is 10.5. The van der Waals surface area contributed by atoms with E-state index in [9.17, 15) is 0 Å². The zero-order valence-corrected chi connectivity index (χ0v) is 20.0. The van der Waals surface area contributed by atoms with Crippen molar-refractivity contribution < 1.29 is 29.9 Å². The minimum Gasteiger partial charge on any atom is -0.380 e. The van der Waals surface area contributed by atoms with Gasteiger partial charge in [0, 0.05) is 49.6 Å². The molecule has 2 aromatic carbocycles. The Bertz CT molecular complexity index is 727. The van der Waals surface area contributed by atoms with Gasteiger partial charge >= 0.3 is 20.4 Å². The molecule has 1 fully saturated rings. The topological polar surface area (TPSA) is 43.2 Å². The zero-order chi connectivity index (χ0) is 18.9. The van der Waals surface area contributed by atoms with Crippen LogP contribution in [0.3, 0.4) is 0 Å². The van der Waals surface area contributed by atoms with E-state index in [-0.39, 0.29) is 35.3 Å². The molecule has 1 aliphatic carbocycles. The van der Waals surface area contributed by atoms with E-state index in [0.29, 0.717) is 25.0 Å². The van der Waals surface area contributed by atoms with Crippen molar-refractivity contribution in [1.29, 1.82) is 0 Å². The minimum atomic E-state index is 0. The van der Waals surface area contributed by atoms with Crippen LogP contribution < -0.4 is 0 Å². The van der Waals surface area contributed by atoms with Gasteiger partial charge in [0.1, 0.15) is 0 Å². The molecular weight excluding hydrogens is 467 g/mol. The molecule has 30 heavy (non-hydrogen) atoms. The number of hydrogen-bond donors (Lipinski definition) is 0. The Hall–Kier alpha value is -1.64. The third-order valence-electron chi connectivity index (χ3n) is 5.02. The van der Waals surface area contributed by atoms with Crippen LogP contribution >= 0.6 is 0 Å². The number of ether oxygens (including phenoxy) is 2. The molecule has 0 spiro atoms. The van der Waals surface area contributed by atoms with Crippen LogP contribution in [0, 0.1) is 26.7 Å². The molecule has 0 aromatic heterocycles. The third kappa shape index (κ3) is 7.89. The van der Waals surface area contributed by atoms with Gasteiger partial charge in [0.15, 0.2) is 0 Å². The summed E-state index contributed by atoms with van der Waals surface area (Å²) in [5, 5.41) is 0. The first kappa shape index (κ1) is 28.4. The molecule has 0 bridgehead atoms. The van der Waals surface area contributed by atoms with Crippen molar-refractivity contribution in [3.8, 4) is 0 Å². The van der Waals surface area contributed by atoms with Gasteiger partial charge < -0.3 is 24.3 Å². The summed E-state index contributed by atoms with van der Waals surface area (Å²) in [4.78, 5) is 9.54. The number of hydrogen-bond acceptors (Lipinski definition) is 4. The molecule has 4 nitrogen and oxygen atoms in total. The van der Waals surface area contributed by atoms with Crippen molar-refractivity contribution in [1.82, 2.24) is 0 Å². The van der Waals surface area contributed by atoms with E-state index in [0.717, 1.165) is 35.3 Å². The Morgan fingerprint density at radius 1 is 0.767 bits per heavy atom. The predicted molar refractivity (Wildman–Crippen MR) is 124 cm³/mol. The Morgan fingerprint density at radius 2 is 1.17 bits per heavy atom. The summed E-state index contributed by atoms with van der Waals surface area (Å²) in [6.07, 6.45) is 7.75. The quantitative estimate of drug-likeness (QED) is 0.239. The number of para-hydroxylation sites is 2. The van der Waals surface area contributed by atoms with Gasteiger partial charge in [-0.15, -0.1) is 0 Å². The maximum Gasteiger partial charge on any atom is 2.00 e. The molecule has 166 valence electrons. The smallest absolute Gasteiger partial charge is 0.380 e. The van der Waals surface area contributed by atoms with E-state index in [1.165, 1.54) is 6.42 Å². The summed E-state index contributed by atoms with van der Waals surface area (Å²) >= 11 is 0. The fourth-order valence-corrected chi connectivity index (χ4v) is 3.57. The van der Waals surface area contributed by atoms with Crippen LogP contribution in [0.5, 0.6) is 0 Å². The fraction of sp³-hybridized carbons (Fsp3) is 0.360. The number of nitrogens with zero attached hydrogens (tertiary/aromatic N) is 2. The summed E-state index contributed by atoms with van der Waals surface area (Å²) in [7, 11) is 3.43. The van der Waals surface area contributed by atoms with Crippen molar-refractivity contribution in [2.24, 2.45) is 21.8 Å². The molecule has 0 N–H and O–H groups in total. The maximum absolute atomic E-state index is 5.27. The molecule has 0 amide bonds. The van der Waals surface area contributed by atoms with Gasteiger partial charge in [0.2, 0.25) is 0 Å². The zero-order valence-electron chi connectivity index (χ0n) is 18.5. The minimum absolute atomic E-state index is 0. The third-order valence-corrected chi connectivity index (χ3v) is 5.02. The first-order valence-electron chi connectivity index (χ1n) is 9.54. The molecule has 0 radical (unpaired) electrons. The molecule has 1 saturated carbocycles.